The second kappa shape index (κ2) is 7.84. The van der Waals surface area contributed by atoms with E-state index >= 15 is 0 Å². The quantitative estimate of drug-likeness (QED) is 0.464. The largest absolute Gasteiger partial charge is 0.481 e. The summed E-state index contributed by atoms with van der Waals surface area (Å²) >= 11 is 0. The molecule has 76 valence electrons. The Kier molecular flexibility index (Phi) is 7.36. The van der Waals surface area contributed by atoms with Crippen molar-refractivity contribution in [3.05, 3.63) is 12.7 Å². The minimum absolute atomic E-state index is 0.181. The van der Waals surface area contributed by atoms with Gasteiger partial charge in [0.15, 0.2) is 0 Å². The lowest BCUT2D eigenvalue weighted by molar-refractivity contribution is -0.141. The summed E-state index contributed by atoms with van der Waals surface area (Å²) in [6.07, 6.45) is 8.37. The maximum Gasteiger partial charge on any atom is 0.306 e. The minimum atomic E-state index is -0.675. The summed E-state index contributed by atoms with van der Waals surface area (Å²) in [5.74, 6) is -0.856. The fourth-order valence-corrected chi connectivity index (χ4v) is 1.22. The third-order valence-corrected chi connectivity index (χ3v) is 2.22. The van der Waals surface area contributed by atoms with Crippen LogP contribution in [-0.2, 0) is 4.79 Å². The summed E-state index contributed by atoms with van der Waals surface area (Å²) in [4.78, 5) is 10.5. The molecule has 2 nitrogen and oxygen atoms in total. The Hall–Kier alpha value is -0.790. The Labute approximate surface area is 80.7 Å². The monoisotopic (exact) mass is 184 g/mol. The predicted molar refractivity (Wildman–Crippen MR) is 54.7 cm³/mol. The molecule has 0 aromatic heterocycles. The van der Waals surface area contributed by atoms with Gasteiger partial charge in [0.05, 0.1) is 5.92 Å². The molecule has 0 rings (SSSR count). The van der Waals surface area contributed by atoms with Crippen molar-refractivity contribution in [1.82, 2.24) is 0 Å². The van der Waals surface area contributed by atoms with Gasteiger partial charge in [-0.05, 0) is 19.3 Å². The highest BCUT2D eigenvalue weighted by Crippen LogP contribution is 2.11. The molecule has 0 saturated carbocycles. The molecule has 0 radical (unpaired) electrons. The van der Waals surface area contributed by atoms with Gasteiger partial charge in [0, 0.05) is 0 Å². The molecule has 0 aliphatic carbocycles. The molecular weight excluding hydrogens is 164 g/mol. The van der Waals surface area contributed by atoms with E-state index in [-0.39, 0.29) is 5.92 Å². The molecule has 13 heavy (non-hydrogen) atoms. The molecule has 2 heteroatoms. The first-order valence-electron chi connectivity index (χ1n) is 5.02. The van der Waals surface area contributed by atoms with Crippen LogP contribution in [0.25, 0.3) is 0 Å². The topological polar surface area (TPSA) is 37.3 Å². The van der Waals surface area contributed by atoms with Crippen LogP contribution in [0.3, 0.4) is 0 Å². The molecule has 1 unspecified atom stereocenters. The maximum atomic E-state index is 10.5. The van der Waals surface area contributed by atoms with Crippen LogP contribution in [0.4, 0.5) is 0 Å². The highest BCUT2D eigenvalue weighted by Gasteiger charge is 2.08. The third-order valence-electron chi connectivity index (χ3n) is 2.22. The Morgan fingerprint density at radius 1 is 1.38 bits per heavy atom. The van der Waals surface area contributed by atoms with Crippen LogP contribution in [0.1, 0.15) is 45.4 Å². The summed E-state index contributed by atoms with van der Waals surface area (Å²) < 4.78 is 0. The second-order valence-corrected chi connectivity index (χ2v) is 3.52. The molecule has 1 atom stereocenters. The van der Waals surface area contributed by atoms with Gasteiger partial charge < -0.3 is 5.11 Å². The molecule has 0 amide bonds. The number of hydrogen-bond acceptors (Lipinski definition) is 1. The van der Waals surface area contributed by atoms with E-state index < -0.39 is 5.97 Å². The SMILES string of the molecule is C=CCCCCCCC(C)C(=O)O. The fourth-order valence-electron chi connectivity index (χ4n) is 1.22. The Balaban J connectivity index is 3.15. The molecule has 1 N–H and O–H groups in total. The van der Waals surface area contributed by atoms with Crippen molar-refractivity contribution in [2.45, 2.75) is 45.4 Å². The fraction of sp³-hybridized carbons (Fsp3) is 0.727. The van der Waals surface area contributed by atoms with Crippen molar-refractivity contribution in [3.8, 4) is 0 Å². The zero-order valence-corrected chi connectivity index (χ0v) is 8.46. The summed E-state index contributed by atoms with van der Waals surface area (Å²) in [6, 6.07) is 0. The van der Waals surface area contributed by atoms with Gasteiger partial charge in [0.1, 0.15) is 0 Å². The molecule has 0 aromatic rings. The number of allylic oxidation sites excluding steroid dienone is 1. The van der Waals surface area contributed by atoms with E-state index in [9.17, 15) is 4.79 Å². The molecule has 0 bridgehead atoms. The number of carboxylic acid groups (broad SMARTS) is 1. The zero-order valence-electron chi connectivity index (χ0n) is 8.46. The summed E-state index contributed by atoms with van der Waals surface area (Å²) in [5.41, 5.74) is 0. The van der Waals surface area contributed by atoms with Crippen molar-refractivity contribution >= 4 is 5.97 Å². The lowest BCUT2D eigenvalue weighted by atomic mass is 10.0. The van der Waals surface area contributed by atoms with Gasteiger partial charge in [-0.25, -0.2) is 0 Å². The van der Waals surface area contributed by atoms with Crippen LogP contribution in [0.2, 0.25) is 0 Å². The summed E-state index contributed by atoms with van der Waals surface area (Å²) in [5, 5.41) is 8.61. The Bertz CT molecular complexity index is 152. The van der Waals surface area contributed by atoms with Crippen LogP contribution >= 0.6 is 0 Å². The molecule has 0 heterocycles. The van der Waals surface area contributed by atoms with E-state index in [1.165, 1.54) is 12.8 Å². The molecule has 0 saturated heterocycles. The Morgan fingerprint density at radius 2 is 2.00 bits per heavy atom. The normalized spacial score (nSPS) is 12.4. The van der Waals surface area contributed by atoms with E-state index in [2.05, 4.69) is 6.58 Å². The van der Waals surface area contributed by atoms with Crippen molar-refractivity contribution in [2.75, 3.05) is 0 Å². The lowest BCUT2D eigenvalue weighted by Gasteiger charge is -2.04. The van der Waals surface area contributed by atoms with E-state index in [1.807, 2.05) is 6.08 Å². The number of carboxylic acids is 1. The number of rotatable bonds is 8. The average Bonchev–Trinajstić information content (AvgIpc) is 2.10. The van der Waals surface area contributed by atoms with Gasteiger partial charge >= 0.3 is 5.97 Å². The molecule has 0 aliphatic heterocycles. The first kappa shape index (κ1) is 12.2. The number of unbranched alkanes of at least 4 members (excludes halogenated alkanes) is 4. The van der Waals surface area contributed by atoms with Gasteiger partial charge in [0.2, 0.25) is 0 Å². The second-order valence-electron chi connectivity index (χ2n) is 3.52. The smallest absolute Gasteiger partial charge is 0.306 e. The number of aliphatic carboxylic acids is 1. The molecule has 0 aromatic carbocycles. The highest BCUT2D eigenvalue weighted by molar-refractivity contribution is 5.69. The minimum Gasteiger partial charge on any atom is -0.481 e. The van der Waals surface area contributed by atoms with Crippen LogP contribution < -0.4 is 0 Å². The third kappa shape index (κ3) is 7.57. The Morgan fingerprint density at radius 3 is 2.54 bits per heavy atom. The van der Waals surface area contributed by atoms with Crippen molar-refractivity contribution in [1.29, 1.82) is 0 Å². The standard InChI is InChI=1S/C11H20O2/c1-3-4-5-6-7-8-9-10(2)11(12)13/h3,10H,1,4-9H2,2H3,(H,12,13). The van der Waals surface area contributed by atoms with Gasteiger partial charge in [-0.1, -0.05) is 32.3 Å². The first-order chi connectivity index (χ1) is 6.18. The molecular formula is C11H20O2. The molecule has 0 fully saturated rings. The summed E-state index contributed by atoms with van der Waals surface area (Å²) in [6.45, 7) is 5.42. The predicted octanol–water partition coefficient (Wildman–Crippen LogP) is 3.23. The van der Waals surface area contributed by atoms with Gasteiger partial charge in [-0.3, -0.25) is 4.79 Å². The van der Waals surface area contributed by atoms with Gasteiger partial charge in [-0.15, -0.1) is 6.58 Å². The zero-order chi connectivity index (χ0) is 10.1. The van der Waals surface area contributed by atoms with Gasteiger partial charge in [-0.2, -0.15) is 0 Å². The maximum absolute atomic E-state index is 10.5. The molecule has 0 aliphatic rings. The van der Waals surface area contributed by atoms with E-state index in [1.54, 1.807) is 6.92 Å². The van der Waals surface area contributed by atoms with E-state index in [0.29, 0.717) is 0 Å². The average molecular weight is 184 g/mol. The lowest BCUT2D eigenvalue weighted by Crippen LogP contribution is -2.08. The van der Waals surface area contributed by atoms with E-state index in [0.717, 1.165) is 25.7 Å². The number of carbonyl (C=O) groups is 1. The van der Waals surface area contributed by atoms with Crippen molar-refractivity contribution in [2.24, 2.45) is 5.92 Å². The van der Waals surface area contributed by atoms with Crippen molar-refractivity contribution in [3.63, 3.8) is 0 Å². The molecule has 0 spiro atoms. The summed E-state index contributed by atoms with van der Waals surface area (Å²) in [7, 11) is 0. The van der Waals surface area contributed by atoms with Crippen molar-refractivity contribution < 1.29 is 9.90 Å². The van der Waals surface area contributed by atoms with Crippen LogP contribution in [-0.4, -0.2) is 11.1 Å². The highest BCUT2D eigenvalue weighted by atomic mass is 16.4. The van der Waals surface area contributed by atoms with Gasteiger partial charge in [0.25, 0.3) is 0 Å². The first-order valence-corrected chi connectivity index (χ1v) is 5.02. The van der Waals surface area contributed by atoms with Crippen LogP contribution in [0.5, 0.6) is 0 Å². The van der Waals surface area contributed by atoms with Crippen LogP contribution in [0, 0.1) is 5.92 Å². The van der Waals surface area contributed by atoms with Crippen LogP contribution in [0.15, 0.2) is 12.7 Å². The number of hydrogen-bond donors (Lipinski definition) is 1. The van der Waals surface area contributed by atoms with E-state index in [4.69, 9.17) is 5.11 Å².